The van der Waals surface area contributed by atoms with Crippen molar-refractivity contribution in [2.45, 2.75) is 12.2 Å². The van der Waals surface area contributed by atoms with Crippen LogP contribution in [0.5, 0.6) is 17.2 Å². The summed E-state index contributed by atoms with van der Waals surface area (Å²) in [4.78, 5) is 13.2. The Labute approximate surface area is 142 Å². The van der Waals surface area contributed by atoms with Crippen LogP contribution in [-0.4, -0.2) is 20.5 Å². The lowest BCUT2D eigenvalue weighted by Gasteiger charge is -2.12. The standard InChI is InChI=1S/C19H14O6/c1-21-10-4-3-5-11-15(10)17(20)16-12(22-2)8-13-14(18(16)24-11)9-6-7-23-19(9)25-13/h3-9,19H,1-2H3/t9-,19+/m0/s1. The maximum absolute atomic E-state index is 13.2. The molecule has 3 heterocycles. The summed E-state index contributed by atoms with van der Waals surface area (Å²) >= 11 is 0. The third kappa shape index (κ3) is 1.76. The first-order valence-corrected chi connectivity index (χ1v) is 7.86. The molecule has 0 saturated carbocycles. The topological polar surface area (TPSA) is 67.1 Å². The van der Waals surface area contributed by atoms with Gasteiger partial charge in [0, 0.05) is 6.07 Å². The van der Waals surface area contributed by atoms with E-state index in [9.17, 15) is 4.79 Å². The zero-order chi connectivity index (χ0) is 17.1. The molecule has 2 aliphatic rings. The van der Waals surface area contributed by atoms with Crippen LogP contribution in [-0.2, 0) is 4.74 Å². The van der Waals surface area contributed by atoms with Crippen molar-refractivity contribution in [3.63, 3.8) is 0 Å². The van der Waals surface area contributed by atoms with Gasteiger partial charge in [0.2, 0.25) is 5.43 Å². The van der Waals surface area contributed by atoms with Crippen LogP contribution in [0.1, 0.15) is 11.5 Å². The lowest BCUT2D eigenvalue weighted by molar-refractivity contribution is -0.00484. The summed E-state index contributed by atoms with van der Waals surface area (Å²) in [7, 11) is 3.04. The minimum Gasteiger partial charge on any atom is -0.496 e. The molecule has 5 rings (SSSR count). The van der Waals surface area contributed by atoms with Crippen molar-refractivity contribution in [3.05, 3.63) is 52.4 Å². The first kappa shape index (κ1) is 14.2. The zero-order valence-corrected chi connectivity index (χ0v) is 13.6. The molecule has 25 heavy (non-hydrogen) atoms. The van der Waals surface area contributed by atoms with Crippen LogP contribution in [0, 0.1) is 0 Å². The maximum Gasteiger partial charge on any atom is 0.250 e. The van der Waals surface area contributed by atoms with Gasteiger partial charge in [-0.25, -0.2) is 0 Å². The molecule has 0 saturated heterocycles. The minimum absolute atomic E-state index is 0.116. The fourth-order valence-electron chi connectivity index (χ4n) is 3.59. The van der Waals surface area contributed by atoms with E-state index in [0.29, 0.717) is 39.2 Å². The van der Waals surface area contributed by atoms with Crippen LogP contribution in [0.2, 0.25) is 0 Å². The summed E-state index contributed by atoms with van der Waals surface area (Å²) in [6, 6.07) is 6.98. The van der Waals surface area contributed by atoms with Crippen molar-refractivity contribution in [2.75, 3.05) is 14.2 Å². The van der Waals surface area contributed by atoms with Gasteiger partial charge in [-0.1, -0.05) is 6.07 Å². The summed E-state index contributed by atoms with van der Waals surface area (Å²) in [6.07, 6.45) is 3.07. The summed E-state index contributed by atoms with van der Waals surface area (Å²) < 4.78 is 28.2. The van der Waals surface area contributed by atoms with E-state index in [2.05, 4.69) is 0 Å². The Hall–Kier alpha value is -3.15. The second kappa shape index (κ2) is 4.92. The largest absolute Gasteiger partial charge is 0.496 e. The van der Waals surface area contributed by atoms with E-state index in [1.165, 1.54) is 14.2 Å². The van der Waals surface area contributed by atoms with E-state index >= 15 is 0 Å². The third-order valence-electron chi connectivity index (χ3n) is 4.71. The number of hydrogen-bond donors (Lipinski definition) is 0. The highest BCUT2D eigenvalue weighted by molar-refractivity contribution is 5.98. The molecule has 0 radical (unpaired) electrons. The maximum atomic E-state index is 13.2. The quantitative estimate of drug-likeness (QED) is 0.668. The number of rotatable bonds is 2. The predicted molar refractivity (Wildman–Crippen MR) is 90.5 cm³/mol. The fraction of sp³-hybridized carbons (Fsp3) is 0.211. The van der Waals surface area contributed by atoms with Crippen LogP contribution in [0.4, 0.5) is 0 Å². The molecule has 6 nitrogen and oxygen atoms in total. The number of ether oxygens (including phenoxy) is 4. The zero-order valence-electron chi connectivity index (χ0n) is 13.6. The van der Waals surface area contributed by atoms with Gasteiger partial charge in [0.15, 0.2) is 0 Å². The van der Waals surface area contributed by atoms with E-state index in [1.54, 1.807) is 30.5 Å². The summed E-state index contributed by atoms with van der Waals surface area (Å²) in [5, 5.41) is 0.771. The van der Waals surface area contributed by atoms with Gasteiger partial charge >= 0.3 is 0 Å². The molecule has 0 N–H and O–H groups in total. The molecule has 2 aliphatic heterocycles. The molecule has 0 bridgehead atoms. The molecule has 0 unspecified atom stereocenters. The lowest BCUT2D eigenvalue weighted by Crippen LogP contribution is -2.14. The van der Waals surface area contributed by atoms with Gasteiger partial charge in [-0.2, -0.15) is 0 Å². The Morgan fingerprint density at radius 3 is 2.72 bits per heavy atom. The molecule has 1 aromatic heterocycles. The summed E-state index contributed by atoms with van der Waals surface area (Å²) in [5.74, 6) is 1.36. The molecule has 3 aromatic rings. The van der Waals surface area contributed by atoms with E-state index in [0.717, 1.165) is 5.56 Å². The van der Waals surface area contributed by atoms with Crippen LogP contribution < -0.4 is 19.6 Å². The van der Waals surface area contributed by atoms with Gasteiger partial charge in [0.1, 0.15) is 39.2 Å². The number of hydrogen-bond acceptors (Lipinski definition) is 6. The average Bonchev–Trinajstić information content (AvgIpc) is 3.20. The van der Waals surface area contributed by atoms with Crippen LogP contribution in [0.3, 0.4) is 0 Å². The fourth-order valence-corrected chi connectivity index (χ4v) is 3.59. The minimum atomic E-state index is -0.434. The SMILES string of the molecule is COc1cccc2oc3c4c(cc(OC)c3c(=O)c12)O[C@H]1OC=C[C@@H]41. The normalized spacial score (nSPS) is 20.2. The van der Waals surface area contributed by atoms with Crippen molar-refractivity contribution in [2.24, 2.45) is 0 Å². The van der Waals surface area contributed by atoms with Crippen molar-refractivity contribution >= 4 is 21.9 Å². The second-order valence-corrected chi connectivity index (χ2v) is 5.94. The van der Waals surface area contributed by atoms with Crippen molar-refractivity contribution < 1.29 is 23.4 Å². The lowest BCUT2D eigenvalue weighted by atomic mass is 9.97. The predicted octanol–water partition coefficient (Wildman–Crippen LogP) is 3.31. The van der Waals surface area contributed by atoms with Crippen LogP contribution in [0.15, 0.2) is 45.8 Å². The molecule has 126 valence electrons. The van der Waals surface area contributed by atoms with E-state index < -0.39 is 6.29 Å². The van der Waals surface area contributed by atoms with Gasteiger partial charge in [-0.05, 0) is 18.2 Å². The molecule has 0 spiro atoms. The molecular weight excluding hydrogens is 324 g/mol. The smallest absolute Gasteiger partial charge is 0.250 e. The van der Waals surface area contributed by atoms with E-state index in [1.807, 2.05) is 6.08 Å². The van der Waals surface area contributed by atoms with Crippen molar-refractivity contribution in [3.8, 4) is 17.2 Å². The Kier molecular flexibility index (Phi) is 2.80. The Bertz CT molecular complexity index is 1110. The van der Waals surface area contributed by atoms with E-state index in [-0.39, 0.29) is 11.3 Å². The highest BCUT2D eigenvalue weighted by Gasteiger charge is 2.40. The highest BCUT2D eigenvalue weighted by Crippen LogP contribution is 2.48. The monoisotopic (exact) mass is 338 g/mol. The van der Waals surface area contributed by atoms with Crippen molar-refractivity contribution in [1.29, 1.82) is 0 Å². The first-order valence-electron chi connectivity index (χ1n) is 7.86. The third-order valence-corrected chi connectivity index (χ3v) is 4.71. The van der Waals surface area contributed by atoms with Gasteiger partial charge in [-0.3, -0.25) is 4.79 Å². The van der Waals surface area contributed by atoms with Gasteiger partial charge in [0.05, 0.1) is 32.0 Å². The number of fused-ring (bicyclic) bond motifs is 6. The molecule has 6 heteroatoms. The first-order chi connectivity index (χ1) is 12.2. The Balaban J connectivity index is 1.98. The average molecular weight is 338 g/mol. The Morgan fingerprint density at radius 2 is 1.92 bits per heavy atom. The molecule has 2 atom stereocenters. The summed E-state index contributed by atoms with van der Waals surface area (Å²) in [6.45, 7) is 0. The van der Waals surface area contributed by atoms with Crippen LogP contribution >= 0.6 is 0 Å². The second-order valence-electron chi connectivity index (χ2n) is 5.94. The summed E-state index contributed by atoms with van der Waals surface area (Å²) in [5.41, 5.74) is 1.53. The van der Waals surface area contributed by atoms with Gasteiger partial charge < -0.3 is 23.4 Å². The highest BCUT2D eigenvalue weighted by atomic mass is 16.7. The molecule has 0 aliphatic carbocycles. The van der Waals surface area contributed by atoms with Gasteiger partial charge in [0.25, 0.3) is 6.29 Å². The molecule has 2 aromatic carbocycles. The number of methoxy groups -OCH3 is 2. The molecule has 0 amide bonds. The number of benzene rings is 2. The Morgan fingerprint density at radius 1 is 1.08 bits per heavy atom. The van der Waals surface area contributed by atoms with Crippen molar-refractivity contribution in [1.82, 2.24) is 0 Å². The van der Waals surface area contributed by atoms with Crippen LogP contribution in [0.25, 0.3) is 21.9 Å². The molecule has 0 fully saturated rings. The molecular formula is C19H14O6. The van der Waals surface area contributed by atoms with Gasteiger partial charge in [-0.15, -0.1) is 0 Å². The van der Waals surface area contributed by atoms with E-state index in [4.69, 9.17) is 23.4 Å².